The van der Waals surface area contributed by atoms with Crippen LogP contribution in [0.5, 0.6) is 5.75 Å². The van der Waals surface area contributed by atoms with Crippen molar-refractivity contribution in [3.8, 4) is 5.75 Å². The van der Waals surface area contributed by atoms with Crippen molar-refractivity contribution < 1.29 is 9.47 Å². The third kappa shape index (κ3) is 2.47. The second-order valence-corrected chi connectivity index (χ2v) is 5.29. The van der Waals surface area contributed by atoms with Crippen LogP contribution >= 0.6 is 23.2 Å². The van der Waals surface area contributed by atoms with Crippen LogP contribution in [0.1, 0.15) is 12.5 Å². The van der Waals surface area contributed by atoms with Crippen molar-refractivity contribution in [1.82, 2.24) is 0 Å². The first-order valence-corrected chi connectivity index (χ1v) is 6.36. The topological polar surface area (TPSA) is 36.2 Å². The summed E-state index contributed by atoms with van der Waals surface area (Å²) < 4.78 is 5.96. The Morgan fingerprint density at radius 1 is 1.44 bits per heavy atom. The van der Waals surface area contributed by atoms with E-state index in [9.17, 15) is 5.21 Å². The standard InChI is InChI=1S/C13H13Cl2NO2/c1-8(14)5-9-7-16(17)12-4-3-10(18-2)6-11(12)13(9)15/h3-4,6-8H,5H2,1-2H3. The van der Waals surface area contributed by atoms with Gasteiger partial charge in [0.2, 0.25) is 5.52 Å². The third-order valence-electron chi connectivity index (χ3n) is 2.73. The summed E-state index contributed by atoms with van der Waals surface area (Å²) in [6, 6.07) is 5.19. The lowest BCUT2D eigenvalue weighted by atomic mass is 10.1. The molecule has 0 aliphatic carbocycles. The van der Waals surface area contributed by atoms with Crippen LogP contribution in [0.4, 0.5) is 0 Å². The van der Waals surface area contributed by atoms with Gasteiger partial charge in [0.25, 0.3) is 0 Å². The zero-order valence-electron chi connectivity index (χ0n) is 10.1. The van der Waals surface area contributed by atoms with Crippen molar-refractivity contribution >= 4 is 34.1 Å². The van der Waals surface area contributed by atoms with Crippen LogP contribution in [0.15, 0.2) is 24.4 Å². The molecule has 0 aliphatic rings. The Balaban J connectivity index is 2.66. The Bertz CT molecular complexity index is 585. The van der Waals surface area contributed by atoms with E-state index in [0.29, 0.717) is 28.1 Å². The van der Waals surface area contributed by atoms with E-state index in [1.807, 2.05) is 6.92 Å². The van der Waals surface area contributed by atoms with E-state index in [-0.39, 0.29) is 5.38 Å². The monoisotopic (exact) mass is 285 g/mol. The molecule has 1 unspecified atom stereocenters. The second kappa shape index (κ2) is 5.21. The molecule has 0 radical (unpaired) electrons. The highest BCUT2D eigenvalue weighted by molar-refractivity contribution is 6.36. The van der Waals surface area contributed by atoms with E-state index < -0.39 is 0 Å². The minimum absolute atomic E-state index is 0.0782. The van der Waals surface area contributed by atoms with Crippen LogP contribution in [-0.4, -0.2) is 12.5 Å². The van der Waals surface area contributed by atoms with E-state index in [0.717, 1.165) is 10.3 Å². The van der Waals surface area contributed by atoms with Crippen molar-refractivity contribution in [3.63, 3.8) is 0 Å². The summed E-state index contributed by atoms with van der Waals surface area (Å²) in [4.78, 5) is 0. The van der Waals surface area contributed by atoms with Gasteiger partial charge in [-0.05, 0) is 25.5 Å². The number of ether oxygens (including phenoxy) is 1. The molecule has 0 bridgehead atoms. The average Bonchev–Trinajstić information content (AvgIpc) is 2.34. The van der Waals surface area contributed by atoms with Crippen molar-refractivity contribution in [1.29, 1.82) is 0 Å². The molecule has 96 valence electrons. The molecular formula is C13H13Cl2NO2. The first kappa shape index (κ1) is 13.2. The molecule has 1 aromatic heterocycles. The van der Waals surface area contributed by atoms with Crippen LogP contribution < -0.4 is 9.47 Å². The molecule has 0 amide bonds. The highest BCUT2D eigenvalue weighted by Crippen LogP contribution is 2.29. The highest BCUT2D eigenvalue weighted by Gasteiger charge is 2.16. The highest BCUT2D eigenvalue weighted by atomic mass is 35.5. The van der Waals surface area contributed by atoms with Crippen LogP contribution in [0.2, 0.25) is 5.02 Å². The Kier molecular flexibility index (Phi) is 3.83. The maximum Gasteiger partial charge on any atom is 0.225 e. The number of benzene rings is 1. The fourth-order valence-electron chi connectivity index (χ4n) is 1.90. The Morgan fingerprint density at radius 2 is 2.17 bits per heavy atom. The molecule has 1 aromatic carbocycles. The van der Waals surface area contributed by atoms with Gasteiger partial charge in [0.05, 0.1) is 17.5 Å². The van der Waals surface area contributed by atoms with Gasteiger partial charge in [0, 0.05) is 17.0 Å². The van der Waals surface area contributed by atoms with Gasteiger partial charge in [0.15, 0.2) is 6.20 Å². The summed E-state index contributed by atoms with van der Waals surface area (Å²) >= 11 is 12.3. The number of methoxy groups -OCH3 is 1. The average molecular weight is 286 g/mol. The maximum absolute atomic E-state index is 11.9. The number of halogens is 2. The molecule has 0 aliphatic heterocycles. The molecule has 1 heterocycles. The minimum atomic E-state index is -0.0782. The quantitative estimate of drug-likeness (QED) is 0.493. The molecule has 0 saturated heterocycles. The molecule has 0 spiro atoms. The minimum Gasteiger partial charge on any atom is -0.618 e. The number of hydrogen-bond donors (Lipinski definition) is 0. The third-order valence-corrected chi connectivity index (χ3v) is 3.33. The van der Waals surface area contributed by atoms with Crippen molar-refractivity contribution in [2.45, 2.75) is 18.7 Å². The molecule has 5 heteroatoms. The molecule has 18 heavy (non-hydrogen) atoms. The van der Waals surface area contributed by atoms with Gasteiger partial charge < -0.3 is 9.94 Å². The predicted octanol–water partition coefficient (Wildman–Crippen LogP) is 3.31. The maximum atomic E-state index is 11.9. The number of aromatic nitrogens is 1. The van der Waals surface area contributed by atoms with Crippen LogP contribution in [-0.2, 0) is 6.42 Å². The SMILES string of the molecule is COc1ccc2c(c1)c(Cl)c(CC(C)Cl)c[n+]2[O-]. The zero-order valence-corrected chi connectivity index (χ0v) is 11.6. The molecular weight excluding hydrogens is 273 g/mol. The van der Waals surface area contributed by atoms with Gasteiger partial charge in [-0.1, -0.05) is 11.6 Å². The van der Waals surface area contributed by atoms with Gasteiger partial charge in [-0.3, -0.25) is 0 Å². The van der Waals surface area contributed by atoms with Crippen molar-refractivity contribution in [3.05, 3.63) is 40.2 Å². The number of rotatable bonds is 3. The summed E-state index contributed by atoms with van der Waals surface area (Å²) in [5.41, 5.74) is 1.27. The van der Waals surface area contributed by atoms with Crippen LogP contribution in [0, 0.1) is 5.21 Å². The van der Waals surface area contributed by atoms with Gasteiger partial charge in [-0.15, -0.1) is 11.6 Å². The van der Waals surface area contributed by atoms with Gasteiger partial charge in [-0.25, -0.2) is 0 Å². The second-order valence-electron chi connectivity index (χ2n) is 4.16. The summed E-state index contributed by atoms with van der Waals surface area (Å²) in [5, 5.41) is 13.1. The molecule has 2 rings (SSSR count). The molecule has 1 atom stereocenters. The van der Waals surface area contributed by atoms with E-state index in [1.165, 1.54) is 6.20 Å². The number of nitrogens with zero attached hydrogens (tertiary/aromatic N) is 1. The molecule has 0 fully saturated rings. The summed E-state index contributed by atoms with van der Waals surface area (Å²) in [7, 11) is 1.57. The number of hydrogen-bond acceptors (Lipinski definition) is 2. The number of alkyl halides is 1. The normalized spacial score (nSPS) is 12.7. The summed E-state index contributed by atoms with van der Waals surface area (Å²) in [6.45, 7) is 1.86. The van der Waals surface area contributed by atoms with E-state index in [1.54, 1.807) is 25.3 Å². The van der Waals surface area contributed by atoms with Gasteiger partial charge in [-0.2, -0.15) is 4.73 Å². The van der Waals surface area contributed by atoms with Gasteiger partial charge >= 0.3 is 0 Å². The summed E-state index contributed by atoms with van der Waals surface area (Å²) in [6.07, 6.45) is 2.03. The zero-order chi connectivity index (χ0) is 13.3. The van der Waals surface area contributed by atoms with Crippen molar-refractivity contribution in [2.75, 3.05) is 7.11 Å². The first-order chi connectivity index (χ1) is 8.52. The van der Waals surface area contributed by atoms with E-state index in [2.05, 4.69) is 0 Å². The molecule has 3 nitrogen and oxygen atoms in total. The van der Waals surface area contributed by atoms with E-state index >= 15 is 0 Å². The first-order valence-electron chi connectivity index (χ1n) is 5.55. The number of pyridine rings is 1. The Morgan fingerprint density at radius 3 is 2.78 bits per heavy atom. The smallest absolute Gasteiger partial charge is 0.225 e. The van der Waals surface area contributed by atoms with Gasteiger partial charge in [0.1, 0.15) is 5.75 Å². The Hall–Kier alpha value is -1.19. The Labute approximate surface area is 115 Å². The molecule has 0 N–H and O–H groups in total. The lowest BCUT2D eigenvalue weighted by Gasteiger charge is -2.10. The lowest BCUT2D eigenvalue weighted by Crippen LogP contribution is -2.28. The van der Waals surface area contributed by atoms with E-state index in [4.69, 9.17) is 27.9 Å². The molecule has 0 saturated carbocycles. The predicted molar refractivity (Wildman–Crippen MR) is 73.5 cm³/mol. The lowest BCUT2D eigenvalue weighted by molar-refractivity contribution is -0.577. The fourth-order valence-corrected chi connectivity index (χ4v) is 2.34. The van der Waals surface area contributed by atoms with Crippen molar-refractivity contribution in [2.24, 2.45) is 0 Å². The van der Waals surface area contributed by atoms with Crippen LogP contribution in [0.25, 0.3) is 10.9 Å². The largest absolute Gasteiger partial charge is 0.618 e. The summed E-state index contributed by atoms with van der Waals surface area (Å²) in [5.74, 6) is 0.667. The number of fused-ring (bicyclic) bond motifs is 1. The van der Waals surface area contributed by atoms with Crippen LogP contribution in [0.3, 0.4) is 0 Å². The fraction of sp³-hybridized carbons (Fsp3) is 0.308. The molecule has 2 aromatic rings.